The highest BCUT2D eigenvalue weighted by molar-refractivity contribution is 6.33. The van der Waals surface area contributed by atoms with Gasteiger partial charge in [-0.05, 0) is 30.0 Å². The van der Waals surface area contributed by atoms with E-state index in [9.17, 15) is 5.11 Å². The van der Waals surface area contributed by atoms with E-state index in [1.54, 1.807) is 13.2 Å². The minimum atomic E-state index is -0.00231. The standard InChI is InChI=1S/C19H18ClNO2/c1-23-16-10-4-8-14(19(16)22)17-12-6-2-5-11(12)13-7-3-9-15(20)18(13)21-17/h2-5,7-12,17,21-22H,6H2,1H3. The molecular weight excluding hydrogens is 310 g/mol. The number of allylic oxidation sites excluding steroid dienone is 2. The predicted octanol–water partition coefficient (Wildman–Crippen LogP) is 4.88. The molecule has 0 bridgehead atoms. The number of fused-ring (bicyclic) bond motifs is 3. The molecule has 3 unspecified atom stereocenters. The van der Waals surface area contributed by atoms with Gasteiger partial charge in [0.15, 0.2) is 11.5 Å². The zero-order chi connectivity index (χ0) is 16.0. The summed E-state index contributed by atoms with van der Waals surface area (Å²) in [5.41, 5.74) is 3.05. The molecule has 3 atom stereocenters. The molecule has 23 heavy (non-hydrogen) atoms. The Morgan fingerprint density at radius 3 is 2.78 bits per heavy atom. The van der Waals surface area contributed by atoms with Gasteiger partial charge in [0.25, 0.3) is 0 Å². The predicted molar refractivity (Wildman–Crippen MR) is 92.5 cm³/mol. The number of rotatable bonds is 2. The summed E-state index contributed by atoms with van der Waals surface area (Å²) < 4.78 is 5.26. The third-order valence-corrected chi connectivity index (χ3v) is 5.25. The van der Waals surface area contributed by atoms with E-state index in [0.717, 1.165) is 17.7 Å². The highest BCUT2D eigenvalue weighted by atomic mass is 35.5. The third kappa shape index (κ3) is 2.19. The van der Waals surface area contributed by atoms with Crippen LogP contribution < -0.4 is 10.1 Å². The smallest absolute Gasteiger partial charge is 0.163 e. The molecule has 2 aromatic rings. The minimum absolute atomic E-state index is 0.00231. The van der Waals surface area contributed by atoms with Gasteiger partial charge in [-0.2, -0.15) is 0 Å². The molecule has 0 spiro atoms. The average Bonchev–Trinajstić information content (AvgIpc) is 3.05. The van der Waals surface area contributed by atoms with Crippen molar-refractivity contribution in [3.63, 3.8) is 0 Å². The molecule has 0 amide bonds. The highest BCUT2D eigenvalue weighted by Gasteiger charge is 2.39. The van der Waals surface area contributed by atoms with Crippen LogP contribution >= 0.6 is 11.6 Å². The van der Waals surface area contributed by atoms with Gasteiger partial charge >= 0.3 is 0 Å². The van der Waals surface area contributed by atoms with Crippen LogP contribution in [0.3, 0.4) is 0 Å². The van der Waals surface area contributed by atoms with Crippen molar-refractivity contribution in [2.75, 3.05) is 12.4 Å². The highest BCUT2D eigenvalue weighted by Crippen LogP contribution is 2.53. The lowest BCUT2D eigenvalue weighted by Crippen LogP contribution is -2.29. The SMILES string of the molecule is COc1cccc(C2Nc3c(Cl)cccc3C3C=CCC32)c1O. The normalized spacial score (nSPS) is 24.7. The Morgan fingerprint density at radius 1 is 1.17 bits per heavy atom. The first kappa shape index (κ1) is 14.5. The number of methoxy groups -OCH3 is 1. The molecule has 1 heterocycles. The molecule has 1 aliphatic carbocycles. The number of hydrogen-bond acceptors (Lipinski definition) is 3. The molecule has 2 aromatic carbocycles. The van der Waals surface area contributed by atoms with Crippen molar-refractivity contribution in [2.24, 2.45) is 5.92 Å². The number of halogens is 1. The lowest BCUT2D eigenvalue weighted by atomic mass is 9.77. The van der Waals surface area contributed by atoms with Crippen LogP contribution in [0.1, 0.15) is 29.5 Å². The fourth-order valence-corrected chi connectivity index (χ4v) is 4.08. The summed E-state index contributed by atoms with van der Waals surface area (Å²) in [6.07, 6.45) is 5.45. The van der Waals surface area contributed by atoms with Crippen LogP contribution in [0.4, 0.5) is 5.69 Å². The zero-order valence-corrected chi connectivity index (χ0v) is 13.5. The van der Waals surface area contributed by atoms with Crippen LogP contribution in [0.25, 0.3) is 0 Å². The molecule has 2 aliphatic rings. The number of nitrogens with one attached hydrogen (secondary N) is 1. The van der Waals surface area contributed by atoms with Crippen molar-refractivity contribution in [2.45, 2.75) is 18.4 Å². The number of para-hydroxylation sites is 2. The van der Waals surface area contributed by atoms with E-state index in [4.69, 9.17) is 16.3 Å². The summed E-state index contributed by atoms with van der Waals surface area (Å²) >= 11 is 6.41. The van der Waals surface area contributed by atoms with Gasteiger partial charge in [0.1, 0.15) is 0 Å². The van der Waals surface area contributed by atoms with Gasteiger partial charge < -0.3 is 15.2 Å². The largest absolute Gasteiger partial charge is 0.504 e. The van der Waals surface area contributed by atoms with E-state index < -0.39 is 0 Å². The number of benzene rings is 2. The first-order valence-electron chi connectivity index (χ1n) is 7.78. The fourth-order valence-electron chi connectivity index (χ4n) is 3.85. The summed E-state index contributed by atoms with van der Waals surface area (Å²) in [6.45, 7) is 0. The lowest BCUT2D eigenvalue weighted by Gasteiger charge is -2.38. The van der Waals surface area contributed by atoms with Gasteiger partial charge in [-0.15, -0.1) is 0 Å². The van der Waals surface area contributed by atoms with Crippen molar-refractivity contribution in [3.05, 3.63) is 64.7 Å². The summed E-state index contributed by atoms with van der Waals surface area (Å²) in [5.74, 6) is 1.38. The first-order valence-corrected chi connectivity index (χ1v) is 8.16. The lowest BCUT2D eigenvalue weighted by molar-refractivity contribution is 0.358. The van der Waals surface area contributed by atoms with Crippen molar-refractivity contribution in [1.29, 1.82) is 0 Å². The summed E-state index contributed by atoms with van der Waals surface area (Å²) in [7, 11) is 1.57. The van der Waals surface area contributed by atoms with Crippen molar-refractivity contribution >= 4 is 17.3 Å². The summed E-state index contributed by atoms with van der Waals surface area (Å²) in [6, 6.07) is 11.7. The number of phenolic OH excluding ortho intramolecular Hbond substituents is 1. The van der Waals surface area contributed by atoms with Gasteiger partial charge in [0.2, 0.25) is 0 Å². The maximum absolute atomic E-state index is 10.6. The molecular formula is C19H18ClNO2. The number of hydrogen-bond donors (Lipinski definition) is 2. The molecule has 0 saturated carbocycles. The Kier molecular flexibility index (Phi) is 3.46. The number of phenols is 1. The Bertz CT molecular complexity index is 787. The van der Waals surface area contributed by atoms with E-state index in [2.05, 4.69) is 23.5 Å². The van der Waals surface area contributed by atoms with Crippen LogP contribution in [-0.2, 0) is 0 Å². The number of ether oxygens (including phenoxy) is 1. The zero-order valence-electron chi connectivity index (χ0n) is 12.8. The molecule has 4 rings (SSSR count). The van der Waals surface area contributed by atoms with Crippen LogP contribution in [0.2, 0.25) is 5.02 Å². The van der Waals surface area contributed by atoms with E-state index in [0.29, 0.717) is 22.6 Å². The van der Waals surface area contributed by atoms with Crippen LogP contribution in [0, 0.1) is 5.92 Å². The van der Waals surface area contributed by atoms with Gasteiger partial charge in [0, 0.05) is 11.5 Å². The molecule has 0 fully saturated rings. The van der Waals surface area contributed by atoms with E-state index in [1.807, 2.05) is 24.3 Å². The Morgan fingerprint density at radius 2 is 1.96 bits per heavy atom. The topological polar surface area (TPSA) is 41.5 Å². The minimum Gasteiger partial charge on any atom is -0.504 e. The van der Waals surface area contributed by atoms with E-state index in [1.165, 1.54) is 5.56 Å². The number of anilines is 1. The van der Waals surface area contributed by atoms with Crippen LogP contribution in [0.5, 0.6) is 11.5 Å². The molecule has 2 N–H and O–H groups in total. The van der Waals surface area contributed by atoms with Crippen molar-refractivity contribution in [3.8, 4) is 11.5 Å². The number of aromatic hydroxyl groups is 1. The van der Waals surface area contributed by atoms with Crippen molar-refractivity contribution < 1.29 is 9.84 Å². The first-order chi connectivity index (χ1) is 11.2. The second kappa shape index (κ2) is 5.50. The Hall–Kier alpha value is -2.13. The Balaban J connectivity index is 1.84. The Labute approximate surface area is 140 Å². The monoisotopic (exact) mass is 327 g/mol. The van der Waals surface area contributed by atoms with Gasteiger partial charge in [-0.25, -0.2) is 0 Å². The molecule has 1 aliphatic heterocycles. The molecule has 0 saturated heterocycles. The average molecular weight is 328 g/mol. The third-order valence-electron chi connectivity index (χ3n) is 4.93. The second-order valence-electron chi connectivity index (χ2n) is 6.08. The van der Waals surface area contributed by atoms with Gasteiger partial charge in [0.05, 0.1) is 23.9 Å². The molecule has 4 heteroatoms. The van der Waals surface area contributed by atoms with Gasteiger partial charge in [-0.1, -0.05) is 48.0 Å². The summed E-state index contributed by atoms with van der Waals surface area (Å²) in [4.78, 5) is 0. The van der Waals surface area contributed by atoms with E-state index >= 15 is 0 Å². The summed E-state index contributed by atoms with van der Waals surface area (Å²) in [5, 5.41) is 14.8. The van der Waals surface area contributed by atoms with Crippen molar-refractivity contribution in [1.82, 2.24) is 0 Å². The second-order valence-corrected chi connectivity index (χ2v) is 6.48. The van der Waals surface area contributed by atoms with Crippen LogP contribution in [-0.4, -0.2) is 12.2 Å². The fraction of sp³-hybridized carbons (Fsp3) is 0.263. The molecule has 0 radical (unpaired) electrons. The van der Waals surface area contributed by atoms with Crippen LogP contribution in [0.15, 0.2) is 48.6 Å². The quantitative estimate of drug-likeness (QED) is 0.772. The molecule has 118 valence electrons. The molecule has 3 nitrogen and oxygen atoms in total. The van der Waals surface area contributed by atoms with E-state index in [-0.39, 0.29) is 11.8 Å². The van der Waals surface area contributed by atoms with Gasteiger partial charge in [-0.3, -0.25) is 0 Å². The maximum atomic E-state index is 10.6. The molecule has 0 aromatic heterocycles. The maximum Gasteiger partial charge on any atom is 0.163 e.